The third-order valence-corrected chi connectivity index (χ3v) is 5.16. The number of hydrogen-bond acceptors (Lipinski definition) is 3. The number of benzene rings is 1. The summed E-state index contributed by atoms with van der Waals surface area (Å²) in [7, 11) is 0. The van der Waals surface area contributed by atoms with Crippen molar-refractivity contribution in [1.29, 1.82) is 0 Å². The van der Waals surface area contributed by atoms with Crippen LogP contribution in [-0.4, -0.2) is 25.4 Å². The predicted molar refractivity (Wildman–Crippen MR) is 88.3 cm³/mol. The number of aryl methyl sites for hydroxylation is 3. The first-order valence-corrected chi connectivity index (χ1v) is 8.65. The van der Waals surface area contributed by atoms with Crippen LogP contribution in [0.5, 0.6) is 0 Å². The number of carboxylic acids is 1. The molecule has 0 bridgehead atoms. The molecule has 0 saturated carbocycles. The van der Waals surface area contributed by atoms with E-state index in [9.17, 15) is 14.7 Å². The average Bonchev–Trinajstić information content (AvgIpc) is 2.91. The van der Waals surface area contributed by atoms with E-state index < -0.39 is 12.0 Å². The summed E-state index contributed by atoms with van der Waals surface area (Å²) in [6.45, 7) is 0.401. The van der Waals surface area contributed by atoms with Gasteiger partial charge >= 0.3 is 11.7 Å². The molecule has 0 radical (unpaired) electrons. The molecule has 24 heavy (non-hydrogen) atoms. The molecule has 6 nitrogen and oxygen atoms in total. The Morgan fingerprint density at radius 3 is 2.75 bits per heavy atom. The zero-order chi connectivity index (χ0) is 16.7. The van der Waals surface area contributed by atoms with Crippen LogP contribution in [-0.2, 0) is 30.6 Å². The van der Waals surface area contributed by atoms with Crippen LogP contribution in [0.25, 0.3) is 0 Å². The number of aromatic nitrogens is 3. The first-order valence-electron chi connectivity index (χ1n) is 8.65. The fourth-order valence-electron chi connectivity index (χ4n) is 3.93. The molecule has 4 rings (SSSR count). The summed E-state index contributed by atoms with van der Waals surface area (Å²) in [5, 5.41) is 13.7. The molecule has 2 heterocycles. The van der Waals surface area contributed by atoms with Crippen molar-refractivity contribution in [3.05, 3.63) is 51.2 Å². The second kappa shape index (κ2) is 5.92. The molecule has 126 valence electrons. The fraction of sp³-hybridized carbons (Fsp3) is 0.500. The van der Waals surface area contributed by atoms with Gasteiger partial charge in [0.1, 0.15) is 11.9 Å². The average molecular weight is 327 g/mol. The summed E-state index contributed by atoms with van der Waals surface area (Å²) < 4.78 is 2.78. The lowest BCUT2D eigenvalue weighted by atomic mass is 9.90. The van der Waals surface area contributed by atoms with E-state index in [0.29, 0.717) is 25.2 Å². The molecule has 1 N–H and O–H groups in total. The van der Waals surface area contributed by atoms with Crippen molar-refractivity contribution in [1.82, 2.24) is 14.3 Å². The smallest absolute Gasteiger partial charge is 0.347 e. The lowest BCUT2D eigenvalue weighted by Crippen LogP contribution is -2.34. The van der Waals surface area contributed by atoms with Gasteiger partial charge < -0.3 is 5.11 Å². The van der Waals surface area contributed by atoms with Gasteiger partial charge in [0.25, 0.3) is 0 Å². The highest BCUT2D eigenvalue weighted by Crippen LogP contribution is 2.24. The molecule has 0 spiro atoms. The Morgan fingerprint density at radius 2 is 1.96 bits per heavy atom. The fourth-order valence-corrected chi connectivity index (χ4v) is 3.93. The minimum Gasteiger partial charge on any atom is -0.480 e. The number of fused-ring (bicyclic) bond motifs is 2. The van der Waals surface area contributed by atoms with E-state index in [4.69, 9.17) is 0 Å². The summed E-state index contributed by atoms with van der Waals surface area (Å²) in [6, 6.07) is 5.61. The van der Waals surface area contributed by atoms with Gasteiger partial charge in [0.15, 0.2) is 0 Å². The summed E-state index contributed by atoms with van der Waals surface area (Å²) in [5.74, 6) is -0.358. The summed E-state index contributed by atoms with van der Waals surface area (Å²) in [5.41, 5.74) is 3.53. The number of nitrogens with zero attached hydrogens (tertiary/aromatic N) is 3. The number of hydrogen-bond donors (Lipinski definition) is 1. The Balaban J connectivity index is 1.66. The Kier molecular flexibility index (Phi) is 3.75. The van der Waals surface area contributed by atoms with Gasteiger partial charge in [0, 0.05) is 6.42 Å². The molecule has 1 aromatic carbocycles. The molecule has 0 fully saturated rings. The highest BCUT2D eigenvalue weighted by Gasteiger charge is 2.30. The van der Waals surface area contributed by atoms with Gasteiger partial charge in [0.2, 0.25) is 0 Å². The van der Waals surface area contributed by atoms with E-state index in [1.807, 2.05) is 0 Å². The molecule has 1 aliphatic heterocycles. The first kappa shape index (κ1) is 15.2. The number of carbonyl (C=O) groups is 1. The van der Waals surface area contributed by atoms with Gasteiger partial charge in [0.05, 0.1) is 6.54 Å². The predicted octanol–water partition coefficient (Wildman–Crippen LogP) is 1.93. The largest absolute Gasteiger partial charge is 0.480 e. The Hall–Kier alpha value is -2.37. The molecular weight excluding hydrogens is 306 g/mol. The van der Waals surface area contributed by atoms with E-state index in [2.05, 4.69) is 23.3 Å². The second-order valence-corrected chi connectivity index (χ2v) is 6.78. The molecule has 1 atom stereocenters. The number of rotatable bonds is 3. The minimum atomic E-state index is -0.952. The Morgan fingerprint density at radius 1 is 1.17 bits per heavy atom. The van der Waals surface area contributed by atoms with Crippen LogP contribution in [0, 0.1) is 0 Å². The SMILES string of the molecule is O=C(O)C1CCCc2nn(Cc3ccc4c(c3)CCCC4)c(=O)n21. The molecular formula is C18H21N3O3. The van der Waals surface area contributed by atoms with Crippen molar-refractivity contribution < 1.29 is 9.90 Å². The quantitative estimate of drug-likeness (QED) is 0.934. The maximum atomic E-state index is 12.6. The highest BCUT2D eigenvalue weighted by molar-refractivity contribution is 5.72. The van der Waals surface area contributed by atoms with Crippen molar-refractivity contribution in [3.8, 4) is 0 Å². The van der Waals surface area contributed by atoms with Crippen LogP contribution in [0.2, 0.25) is 0 Å². The molecule has 1 aromatic heterocycles. The van der Waals surface area contributed by atoms with Crippen LogP contribution >= 0.6 is 0 Å². The van der Waals surface area contributed by atoms with E-state index in [-0.39, 0.29) is 5.69 Å². The van der Waals surface area contributed by atoms with Crippen molar-refractivity contribution in [2.75, 3.05) is 0 Å². The molecule has 2 aliphatic rings. The highest BCUT2D eigenvalue weighted by atomic mass is 16.4. The van der Waals surface area contributed by atoms with Gasteiger partial charge in [-0.1, -0.05) is 18.2 Å². The van der Waals surface area contributed by atoms with E-state index in [0.717, 1.165) is 24.8 Å². The zero-order valence-corrected chi connectivity index (χ0v) is 13.6. The standard InChI is InChI=1S/C18H21N3O3/c22-17(23)15-6-3-7-16-19-20(18(24)21(15)16)11-12-8-9-13-4-1-2-5-14(13)10-12/h8-10,15H,1-7,11H2,(H,22,23). The molecule has 2 aromatic rings. The molecule has 1 aliphatic carbocycles. The van der Waals surface area contributed by atoms with Crippen molar-refractivity contribution in [2.45, 2.75) is 57.5 Å². The van der Waals surface area contributed by atoms with Crippen molar-refractivity contribution >= 4 is 5.97 Å². The van der Waals surface area contributed by atoms with Gasteiger partial charge in [-0.25, -0.2) is 14.3 Å². The van der Waals surface area contributed by atoms with E-state index >= 15 is 0 Å². The lowest BCUT2D eigenvalue weighted by Gasteiger charge is -2.19. The molecule has 0 saturated heterocycles. The van der Waals surface area contributed by atoms with Gasteiger partial charge in [-0.3, -0.25) is 4.57 Å². The van der Waals surface area contributed by atoms with Crippen LogP contribution in [0.15, 0.2) is 23.0 Å². The van der Waals surface area contributed by atoms with Crippen molar-refractivity contribution in [3.63, 3.8) is 0 Å². The number of carboxylic acid groups (broad SMARTS) is 1. The Labute approximate surface area is 139 Å². The van der Waals surface area contributed by atoms with Gasteiger partial charge in [-0.2, -0.15) is 5.10 Å². The van der Waals surface area contributed by atoms with Gasteiger partial charge in [-0.05, 0) is 55.2 Å². The van der Waals surface area contributed by atoms with Crippen LogP contribution in [0.1, 0.15) is 54.2 Å². The summed E-state index contributed by atoms with van der Waals surface area (Å²) in [6.07, 6.45) is 6.61. The first-order chi connectivity index (χ1) is 11.6. The second-order valence-electron chi connectivity index (χ2n) is 6.78. The third kappa shape index (κ3) is 2.56. The van der Waals surface area contributed by atoms with E-state index in [1.54, 1.807) is 0 Å². The normalized spacial score (nSPS) is 19.6. The maximum Gasteiger partial charge on any atom is 0.347 e. The molecule has 0 amide bonds. The lowest BCUT2D eigenvalue weighted by molar-refractivity contribution is -0.141. The van der Waals surface area contributed by atoms with Crippen LogP contribution in [0.4, 0.5) is 0 Å². The minimum absolute atomic E-state index is 0.310. The molecule has 6 heteroatoms. The van der Waals surface area contributed by atoms with Crippen LogP contribution < -0.4 is 5.69 Å². The third-order valence-electron chi connectivity index (χ3n) is 5.16. The summed E-state index contributed by atoms with van der Waals surface area (Å²) >= 11 is 0. The van der Waals surface area contributed by atoms with Crippen LogP contribution in [0.3, 0.4) is 0 Å². The maximum absolute atomic E-state index is 12.6. The van der Waals surface area contributed by atoms with E-state index in [1.165, 1.54) is 33.2 Å². The number of aliphatic carboxylic acids is 1. The topological polar surface area (TPSA) is 77.1 Å². The molecule has 1 unspecified atom stereocenters. The summed E-state index contributed by atoms with van der Waals surface area (Å²) in [4.78, 5) is 24.0. The van der Waals surface area contributed by atoms with Crippen molar-refractivity contribution in [2.24, 2.45) is 0 Å². The Bertz CT molecular complexity index is 850. The zero-order valence-electron chi connectivity index (χ0n) is 13.6. The monoisotopic (exact) mass is 327 g/mol. The van der Waals surface area contributed by atoms with Gasteiger partial charge in [-0.15, -0.1) is 0 Å².